The van der Waals surface area contributed by atoms with Gasteiger partial charge in [-0.15, -0.1) is 0 Å². The van der Waals surface area contributed by atoms with E-state index < -0.39 is 0 Å². The summed E-state index contributed by atoms with van der Waals surface area (Å²) in [5, 5.41) is 5.39. The van der Waals surface area contributed by atoms with Gasteiger partial charge in [-0.3, -0.25) is 9.78 Å². The van der Waals surface area contributed by atoms with E-state index in [-0.39, 0.29) is 11.9 Å². The maximum atomic E-state index is 12.6. The Morgan fingerprint density at radius 1 is 1.41 bits per heavy atom. The number of hydrogen-bond acceptors (Lipinski definition) is 3. The molecule has 2 unspecified atom stereocenters. The van der Waals surface area contributed by atoms with Crippen LogP contribution in [0.3, 0.4) is 0 Å². The Hall–Kier alpha value is -1.65. The summed E-state index contributed by atoms with van der Waals surface area (Å²) in [5.74, 6) is 0.419. The van der Waals surface area contributed by atoms with Gasteiger partial charge in [-0.1, -0.05) is 23.7 Å². The molecule has 1 aromatic heterocycles. The SMILES string of the molecule is CC(NC(=O)c1cncc2c(Cl)cccc12)C1CCN(C)C1. The molecule has 0 radical (unpaired) electrons. The fourth-order valence-corrected chi connectivity index (χ4v) is 3.34. The Morgan fingerprint density at radius 2 is 2.23 bits per heavy atom. The minimum atomic E-state index is -0.0811. The number of hydrogen-bond donors (Lipinski definition) is 1. The van der Waals surface area contributed by atoms with Crippen LogP contribution in [0.1, 0.15) is 23.7 Å². The van der Waals surface area contributed by atoms with Crippen LogP contribution in [0.25, 0.3) is 10.8 Å². The molecule has 1 aliphatic heterocycles. The number of benzene rings is 1. The van der Waals surface area contributed by atoms with E-state index in [2.05, 4.69) is 29.2 Å². The minimum Gasteiger partial charge on any atom is -0.349 e. The van der Waals surface area contributed by atoms with E-state index in [1.165, 1.54) is 0 Å². The summed E-state index contributed by atoms with van der Waals surface area (Å²) < 4.78 is 0. The van der Waals surface area contributed by atoms with Gasteiger partial charge in [0.2, 0.25) is 0 Å². The zero-order valence-electron chi connectivity index (χ0n) is 12.8. The van der Waals surface area contributed by atoms with Crippen LogP contribution in [0.5, 0.6) is 0 Å². The third-order valence-corrected chi connectivity index (χ3v) is 4.82. The van der Waals surface area contributed by atoms with Crippen molar-refractivity contribution in [3.63, 3.8) is 0 Å². The quantitative estimate of drug-likeness (QED) is 0.946. The van der Waals surface area contributed by atoms with Crippen molar-refractivity contribution >= 4 is 28.3 Å². The summed E-state index contributed by atoms with van der Waals surface area (Å²) in [7, 11) is 2.12. The molecule has 1 fully saturated rings. The minimum absolute atomic E-state index is 0.0811. The standard InChI is InChI=1S/C17H20ClN3O/c1-11(12-6-7-21(2)10-12)20-17(22)15-9-19-8-14-13(15)4-3-5-16(14)18/h3-5,8-9,11-12H,6-7,10H2,1-2H3,(H,20,22). The van der Waals surface area contributed by atoms with Gasteiger partial charge in [-0.25, -0.2) is 0 Å². The Labute approximate surface area is 135 Å². The molecule has 22 heavy (non-hydrogen) atoms. The van der Waals surface area contributed by atoms with Crippen LogP contribution < -0.4 is 5.32 Å². The number of aromatic nitrogens is 1. The first kappa shape index (κ1) is 15.3. The molecule has 2 atom stereocenters. The lowest BCUT2D eigenvalue weighted by molar-refractivity contribution is 0.0929. The van der Waals surface area contributed by atoms with Crippen molar-refractivity contribution in [2.24, 2.45) is 5.92 Å². The van der Waals surface area contributed by atoms with Crippen LogP contribution in [0.2, 0.25) is 5.02 Å². The average molecular weight is 318 g/mol. The molecular formula is C17H20ClN3O. The summed E-state index contributed by atoms with van der Waals surface area (Å²) >= 11 is 6.18. The van der Waals surface area contributed by atoms with E-state index in [1.54, 1.807) is 12.4 Å². The van der Waals surface area contributed by atoms with E-state index in [0.717, 1.165) is 30.3 Å². The van der Waals surface area contributed by atoms with Crippen LogP contribution in [0, 0.1) is 5.92 Å². The molecular weight excluding hydrogens is 298 g/mol. The third-order valence-electron chi connectivity index (χ3n) is 4.49. The molecule has 1 aromatic carbocycles. The number of likely N-dealkylation sites (tertiary alicyclic amines) is 1. The van der Waals surface area contributed by atoms with E-state index in [4.69, 9.17) is 11.6 Å². The Balaban J connectivity index is 1.82. The van der Waals surface area contributed by atoms with Gasteiger partial charge >= 0.3 is 0 Å². The molecule has 0 spiro atoms. The smallest absolute Gasteiger partial charge is 0.253 e. The highest BCUT2D eigenvalue weighted by molar-refractivity contribution is 6.35. The number of rotatable bonds is 3. The van der Waals surface area contributed by atoms with Crippen molar-refractivity contribution in [1.82, 2.24) is 15.2 Å². The van der Waals surface area contributed by atoms with Gasteiger partial charge in [0, 0.05) is 35.4 Å². The second-order valence-electron chi connectivity index (χ2n) is 6.10. The number of amides is 1. The summed E-state index contributed by atoms with van der Waals surface area (Å²) in [6.07, 6.45) is 4.43. The summed E-state index contributed by atoms with van der Waals surface area (Å²) in [5.41, 5.74) is 0.582. The molecule has 3 rings (SSSR count). The molecule has 2 aromatic rings. The molecule has 5 heteroatoms. The van der Waals surface area contributed by atoms with Crippen molar-refractivity contribution in [2.75, 3.05) is 20.1 Å². The normalized spacial score (nSPS) is 20.2. The van der Waals surface area contributed by atoms with Crippen molar-refractivity contribution in [2.45, 2.75) is 19.4 Å². The molecule has 0 aliphatic carbocycles. The maximum absolute atomic E-state index is 12.6. The van der Waals surface area contributed by atoms with Gasteiger partial charge in [-0.05, 0) is 44.3 Å². The first-order valence-corrected chi connectivity index (χ1v) is 7.95. The number of fused-ring (bicyclic) bond motifs is 1. The lowest BCUT2D eigenvalue weighted by Gasteiger charge is -2.21. The van der Waals surface area contributed by atoms with E-state index >= 15 is 0 Å². The van der Waals surface area contributed by atoms with Crippen molar-refractivity contribution in [3.8, 4) is 0 Å². The van der Waals surface area contributed by atoms with E-state index in [0.29, 0.717) is 16.5 Å². The van der Waals surface area contributed by atoms with Crippen molar-refractivity contribution < 1.29 is 4.79 Å². The van der Waals surface area contributed by atoms with Crippen LogP contribution in [-0.4, -0.2) is 42.0 Å². The average Bonchev–Trinajstić information content (AvgIpc) is 2.94. The van der Waals surface area contributed by atoms with Crippen LogP contribution in [0.15, 0.2) is 30.6 Å². The van der Waals surface area contributed by atoms with Crippen LogP contribution in [-0.2, 0) is 0 Å². The second kappa shape index (κ2) is 6.23. The Kier molecular flexibility index (Phi) is 4.32. The predicted molar refractivity (Wildman–Crippen MR) is 89.3 cm³/mol. The second-order valence-corrected chi connectivity index (χ2v) is 6.50. The zero-order valence-corrected chi connectivity index (χ0v) is 13.6. The topological polar surface area (TPSA) is 45.2 Å². The van der Waals surface area contributed by atoms with E-state index in [9.17, 15) is 4.79 Å². The number of nitrogens with zero attached hydrogens (tertiary/aromatic N) is 2. The maximum Gasteiger partial charge on any atom is 0.253 e. The number of carbonyl (C=O) groups excluding carboxylic acids is 1. The first-order chi connectivity index (χ1) is 10.6. The highest BCUT2D eigenvalue weighted by atomic mass is 35.5. The monoisotopic (exact) mass is 317 g/mol. The lowest BCUT2D eigenvalue weighted by atomic mass is 10.00. The summed E-state index contributed by atoms with van der Waals surface area (Å²) in [4.78, 5) is 19.1. The van der Waals surface area contributed by atoms with Gasteiger partial charge in [0.25, 0.3) is 5.91 Å². The van der Waals surface area contributed by atoms with Crippen LogP contribution in [0.4, 0.5) is 0 Å². The number of carbonyl (C=O) groups is 1. The fourth-order valence-electron chi connectivity index (χ4n) is 3.12. The molecule has 1 N–H and O–H groups in total. The predicted octanol–water partition coefficient (Wildman–Crippen LogP) is 2.96. The molecule has 116 valence electrons. The number of nitrogens with one attached hydrogen (secondary N) is 1. The van der Waals surface area contributed by atoms with Crippen molar-refractivity contribution in [1.29, 1.82) is 0 Å². The molecule has 0 saturated carbocycles. The van der Waals surface area contributed by atoms with Gasteiger partial charge in [0.15, 0.2) is 0 Å². The Bertz CT molecular complexity index is 703. The van der Waals surface area contributed by atoms with Crippen molar-refractivity contribution in [3.05, 3.63) is 41.2 Å². The number of halogens is 1. The van der Waals surface area contributed by atoms with Crippen LogP contribution >= 0.6 is 11.6 Å². The molecule has 1 saturated heterocycles. The largest absolute Gasteiger partial charge is 0.349 e. The highest BCUT2D eigenvalue weighted by Gasteiger charge is 2.26. The Morgan fingerprint density at radius 3 is 2.95 bits per heavy atom. The summed E-state index contributed by atoms with van der Waals surface area (Å²) in [6.45, 7) is 4.20. The molecule has 1 amide bonds. The summed E-state index contributed by atoms with van der Waals surface area (Å²) in [6, 6.07) is 5.72. The highest BCUT2D eigenvalue weighted by Crippen LogP contribution is 2.25. The molecule has 2 heterocycles. The molecule has 0 bridgehead atoms. The number of pyridine rings is 1. The third kappa shape index (κ3) is 2.94. The first-order valence-electron chi connectivity index (χ1n) is 7.58. The van der Waals surface area contributed by atoms with Gasteiger partial charge < -0.3 is 10.2 Å². The van der Waals surface area contributed by atoms with Gasteiger partial charge in [0.1, 0.15) is 0 Å². The fraction of sp³-hybridized carbons (Fsp3) is 0.412. The zero-order chi connectivity index (χ0) is 15.7. The lowest BCUT2D eigenvalue weighted by Crippen LogP contribution is -2.39. The molecule has 4 nitrogen and oxygen atoms in total. The van der Waals surface area contributed by atoms with Gasteiger partial charge in [-0.2, -0.15) is 0 Å². The van der Waals surface area contributed by atoms with E-state index in [1.807, 2.05) is 18.2 Å². The molecule has 1 aliphatic rings. The van der Waals surface area contributed by atoms with Gasteiger partial charge in [0.05, 0.1) is 5.56 Å².